The standard InChI is InChI=1S/CHF3O3S.Cs/c2-1(3,4)8(5,6)7;/h(H,5,6,7);. The van der Waals surface area contributed by atoms with E-state index in [1.807, 2.05) is 0 Å². The summed E-state index contributed by atoms with van der Waals surface area (Å²) < 4.78 is 57.5. The number of hydrogen-bond acceptors (Lipinski definition) is 2. The van der Waals surface area contributed by atoms with Crippen molar-refractivity contribution in [3.8, 4) is 0 Å². The molecule has 1 radical (unpaired) electrons. The fourth-order valence-electron chi connectivity index (χ4n) is 0. The summed E-state index contributed by atoms with van der Waals surface area (Å²) in [7, 11) is -5.84. The van der Waals surface area contributed by atoms with Gasteiger partial charge in [0, 0.05) is 68.9 Å². The smallest absolute Gasteiger partial charge is 0.279 e. The molecule has 0 amide bonds. The summed E-state index contributed by atoms with van der Waals surface area (Å²) in [5.74, 6) is 0. The summed E-state index contributed by atoms with van der Waals surface area (Å²) in [5.41, 5.74) is -5.53. The van der Waals surface area contributed by atoms with Crippen LogP contribution in [-0.4, -0.2) is 87.4 Å². The van der Waals surface area contributed by atoms with Crippen LogP contribution in [0.5, 0.6) is 0 Å². The molecule has 3 nitrogen and oxygen atoms in total. The van der Waals surface area contributed by atoms with Crippen LogP contribution in [0.15, 0.2) is 0 Å². The Bertz CT molecular complexity index is 168. The summed E-state index contributed by atoms with van der Waals surface area (Å²) in [4.78, 5) is 0. The van der Waals surface area contributed by atoms with Gasteiger partial charge in [0.2, 0.25) is 0 Å². The molecule has 0 saturated carbocycles. The van der Waals surface area contributed by atoms with E-state index in [9.17, 15) is 13.2 Å². The maximum absolute atomic E-state index is 10.7. The Labute approximate surface area is 108 Å². The zero-order valence-corrected chi connectivity index (χ0v) is 11.4. The maximum atomic E-state index is 10.7. The number of alkyl halides is 3. The summed E-state index contributed by atoms with van der Waals surface area (Å²) in [5, 5.41) is 0. The van der Waals surface area contributed by atoms with Crippen LogP contribution in [0.3, 0.4) is 0 Å². The minimum Gasteiger partial charge on any atom is -0.279 e. The molecular weight excluding hydrogens is 282 g/mol. The van der Waals surface area contributed by atoms with Crippen molar-refractivity contribution in [1.29, 1.82) is 0 Å². The Hall–Kier alpha value is 1.75. The molecule has 0 aromatic carbocycles. The van der Waals surface area contributed by atoms with Crippen molar-refractivity contribution in [1.82, 2.24) is 0 Å². The van der Waals surface area contributed by atoms with Crippen LogP contribution >= 0.6 is 0 Å². The quantitative estimate of drug-likeness (QED) is 0.503. The second-order valence-corrected chi connectivity index (χ2v) is 2.33. The first-order chi connectivity index (χ1) is 3.25. The SMILES string of the molecule is O=S(=O)(O)C(F)(F)F.[Cs]. The van der Waals surface area contributed by atoms with Gasteiger partial charge in [0.15, 0.2) is 0 Å². The third kappa shape index (κ3) is 5.07. The average molecular weight is 283 g/mol. The predicted molar refractivity (Wildman–Crippen MR) is 23.4 cm³/mol. The molecule has 0 unspecified atom stereocenters. The molecule has 0 rings (SSSR count). The first-order valence-corrected chi connectivity index (χ1v) is 2.73. The second-order valence-electron chi connectivity index (χ2n) is 0.921. The topological polar surface area (TPSA) is 54.4 Å². The predicted octanol–water partition coefficient (Wildman–Crippen LogP) is 0.0132. The van der Waals surface area contributed by atoms with Crippen molar-refractivity contribution in [2.75, 3.05) is 0 Å². The molecular formula is CHCsF3O3S. The van der Waals surface area contributed by atoms with Crippen molar-refractivity contribution < 1.29 is 26.1 Å². The van der Waals surface area contributed by atoms with Crippen molar-refractivity contribution in [3.05, 3.63) is 0 Å². The summed E-state index contributed by atoms with van der Waals surface area (Å²) in [6, 6.07) is 0. The van der Waals surface area contributed by atoms with Gasteiger partial charge in [-0.05, 0) is 0 Å². The van der Waals surface area contributed by atoms with Gasteiger partial charge in [-0.25, -0.2) is 0 Å². The first kappa shape index (κ1) is 13.3. The molecule has 0 aromatic rings. The van der Waals surface area contributed by atoms with Gasteiger partial charge < -0.3 is 0 Å². The fraction of sp³-hybridized carbons (Fsp3) is 1.00. The van der Waals surface area contributed by atoms with E-state index >= 15 is 0 Å². The van der Waals surface area contributed by atoms with Crippen molar-refractivity contribution in [2.24, 2.45) is 0 Å². The third-order valence-corrected chi connectivity index (χ3v) is 0.877. The van der Waals surface area contributed by atoms with E-state index < -0.39 is 15.6 Å². The third-order valence-electron chi connectivity index (χ3n) is 0.292. The molecule has 0 spiro atoms. The van der Waals surface area contributed by atoms with Crippen LogP contribution in [0.2, 0.25) is 0 Å². The molecule has 0 aliphatic heterocycles. The van der Waals surface area contributed by atoms with E-state index in [0.717, 1.165) is 0 Å². The Balaban J connectivity index is 0. The molecule has 0 atom stereocenters. The van der Waals surface area contributed by atoms with Crippen LogP contribution in [0, 0.1) is 0 Å². The monoisotopic (exact) mass is 283 g/mol. The van der Waals surface area contributed by atoms with Crippen LogP contribution in [-0.2, 0) is 10.1 Å². The summed E-state index contributed by atoms with van der Waals surface area (Å²) in [6.07, 6.45) is 0. The molecule has 9 heavy (non-hydrogen) atoms. The largest absolute Gasteiger partial charge is 0.522 e. The molecule has 51 valence electrons. The molecule has 1 N–H and O–H groups in total. The summed E-state index contributed by atoms with van der Waals surface area (Å²) >= 11 is 0. The Morgan fingerprint density at radius 3 is 1.33 bits per heavy atom. The molecule has 0 fully saturated rings. The number of rotatable bonds is 0. The summed E-state index contributed by atoms with van der Waals surface area (Å²) in [6.45, 7) is 0. The zero-order valence-electron chi connectivity index (χ0n) is 4.31. The van der Waals surface area contributed by atoms with Crippen LogP contribution < -0.4 is 0 Å². The second kappa shape index (κ2) is 3.95. The van der Waals surface area contributed by atoms with E-state index in [4.69, 9.17) is 13.0 Å². The number of hydrogen-bond donors (Lipinski definition) is 1. The van der Waals surface area contributed by atoms with Gasteiger partial charge in [0.1, 0.15) is 0 Å². The average Bonchev–Trinajstić information content (AvgIpc) is 1.25. The van der Waals surface area contributed by atoms with Crippen LogP contribution in [0.1, 0.15) is 0 Å². The van der Waals surface area contributed by atoms with Gasteiger partial charge in [0.05, 0.1) is 0 Å². The first-order valence-electron chi connectivity index (χ1n) is 1.29. The van der Waals surface area contributed by atoms with E-state index in [1.165, 1.54) is 0 Å². The Morgan fingerprint density at radius 2 is 1.33 bits per heavy atom. The normalized spacial score (nSPS) is 12.4. The Kier molecular flexibility index (Phi) is 5.86. The number of halogens is 3. The van der Waals surface area contributed by atoms with E-state index in [0.29, 0.717) is 0 Å². The molecule has 0 aliphatic rings. The molecule has 0 aromatic heterocycles. The van der Waals surface area contributed by atoms with Crippen molar-refractivity contribution >= 4 is 79.0 Å². The minimum absolute atomic E-state index is 0. The van der Waals surface area contributed by atoms with Crippen molar-refractivity contribution in [2.45, 2.75) is 5.51 Å². The zero-order chi connectivity index (χ0) is 7.00. The molecule has 0 bridgehead atoms. The van der Waals surface area contributed by atoms with E-state index in [-0.39, 0.29) is 68.9 Å². The molecule has 0 heterocycles. The van der Waals surface area contributed by atoms with Crippen LogP contribution in [0.25, 0.3) is 0 Å². The molecule has 0 aliphatic carbocycles. The van der Waals surface area contributed by atoms with Gasteiger partial charge >= 0.3 is 15.6 Å². The maximum Gasteiger partial charge on any atom is 0.522 e. The van der Waals surface area contributed by atoms with Gasteiger partial charge in [-0.2, -0.15) is 21.6 Å². The molecule has 0 saturated heterocycles. The van der Waals surface area contributed by atoms with Gasteiger partial charge in [0.25, 0.3) is 0 Å². The van der Waals surface area contributed by atoms with Crippen LogP contribution in [0.4, 0.5) is 13.2 Å². The van der Waals surface area contributed by atoms with Gasteiger partial charge in [-0.1, -0.05) is 0 Å². The van der Waals surface area contributed by atoms with E-state index in [1.54, 1.807) is 0 Å². The minimum atomic E-state index is -5.84. The van der Waals surface area contributed by atoms with E-state index in [2.05, 4.69) is 0 Å². The Morgan fingerprint density at radius 1 is 1.22 bits per heavy atom. The van der Waals surface area contributed by atoms with Gasteiger partial charge in [-0.15, -0.1) is 0 Å². The van der Waals surface area contributed by atoms with Gasteiger partial charge in [-0.3, -0.25) is 4.55 Å². The molecule has 8 heteroatoms. The van der Waals surface area contributed by atoms with Crippen molar-refractivity contribution in [3.63, 3.8) is 0 Å². The fourth-order valence-corrected chi connectivity index (χ4v) is 0.